The summed E-state index contributed by atoms with van der Waals surface area (Å²) in [6.45, 7) is 6.69. The summed E-state index contributed by atoms with van der Waals surface area (Å²) in [6.07, 6.45) is 0. The number of hydrogen-bond acceptors (Lipinski definition) is 3. The van der Waals surface area contributed by atoms with E-state index in [-0.39, 0.29) is 5.41 Å². The van der Waals surface area contributed by atoms with Crippen molar-refractivity contribution < 1.29 is 0 Å². The predicted octanol–water partition coefficient (Wildman–Crippen LogP) is 6.77. The van der Waals surface area contributed by atoms with Crippen molar-refractivity contribution in [2.75, 3.05) is 0 Å². The summed E-state index contributed by atoms with van der Waals surface area (Å²) < 4.78 is 0. The van der Waals surface area contributed by atoms with Crippen molar-refractivity contribution in [3.8, 4) is 17.3 Å². The number of nitrogens with zero attached hydrogens (tertiary/aromatic N) is 3. The highest BCUT2D eigenvalue weighted by Gasteiger charge is 2.20. The van der Waals surface area contributed by atoms with Crippen molar-refractivity contribution in [2.24, 2.45) is 0 Å². The lowest BCUT2D eigenvalue weighted by Crippen LogP contribution is -2.12. The molecule has 0 saturated carbocycles. The van der Waals surface area contributed by atoms with Crippen LogP contribution in [0.1, 0.15) is 32.0 Å². The normalized spacial score (nSPS) is 11.8. The quantitative estimate of drug-likeness (QED) is 0.298. The fourth-order valence-corrected chi connectivity index (χ4v) is 4.20. The average Bonchev–Trinajstić information content (AvgIpc) is 2.75. The van der Waals surface area contributed by atoms with Crippen molar-refractivity contribution in [2.45, 2.75) is 26.2 Å². The molecule has 0 aliphatic carbocycles. The largest absolute Gasteiger partial charge is 0.191 e. The Morgan fingerprint density at radius 3 is 2.00 bits per heavy atom. The minimum Gasteiger partial charge on any atom is -0.191 e. The van der Waals surface area contributed by atoms with Crippen molar-refractivity contribution >= 4 is 32.3 Å². The first-order valence-electron chi connectivity index (χ1n) is 10.1. The Labute approximate surface area is 175 Å². The van der Waals surface area contributed by atoms with E-state index in [0.717, 1.165) is 32.8 Å². The Hall–Kier alpha value is -3.77. The summed E-state index contributed by atoms with van der Waals surface area (Å²) in [5.74, 6) is 0. The van der Waals surface area contributed by atoms with Crippen LogP contribution in [0.25, 0.3) is 43.6 Å². The number of rotatable bonds is 1. The lowest BCUT2D eigenvalue weighted by Gasteiger charge is -2.23. The molecule has 5 rings (SSSR count). The topological polar surface area (TPSA) is 49.6 Å². The Bertz CT molecular complexity index is 1480. The van der Waals surface area contributed by atoms with Gasteiger partial charge in [0.2, 0.25) is 0 Å². The third kappa shape index (κ3) is 2.89. The monoisotopic (exact) mass is 387 g/mol. The lowest BCUT2D eigenvalue weighted by atomic mass is 9.82. The molecule has 0 saturated heterocycles. The molecule has 0 bridgehead atoms. The molecule has 3 heteroatoms. The molecule has 0 fully saturated rings. The van der Waals surface area contributed by atoms with E-state index in [1.807, 2.05) is 18.2 Å². The standard InChI is InChI=1S/C27H21N3/c1-27(2,3)24-15-20(12-19-10-6-7-11-21(19)24)26-23-14-18-9-5-4-8-17(18)13-22(23)25(16-28)29-30-26/h4-15H,1-3H3. The van der Waals surface area contributed by atoms with E-state index in [1.54, 1.807) is 0 Å². The second-order valence-corrected chi connectivity index (χ2v) is 8.75. The molecule has 0 amide bonds. The number of fused-ring (bicyclic) bond motifs is 3. The van der Waals surface area contributed by atoms with Gasteiger partial charge in [0.15, 0.2) is 5.69 Å². The van der Waals surface area contributed by atoms with Crippen LogP contribution in [-0.2, 0) is 5.41 Å². The first-order valence-corrected chi connectivity index (χ1v) is 10.1. The molecule has 0 unspecified atom stereocenters. The summed E-state index contributed by atoms with van der Waals surface area (Å²) in [6, 6.07) is 27.4. The van der Waals surface area contributed by atoms with Gasteiger partial charge in [-0.15, -0.1) is 10.2 Å². The zero-order valence-electron chi connectivity index (χ0n) is 17.3. The molecular formula is C27H21N3. The fraction of sp³-hybridized carbons (Fsp3) is 0.148. The van der Waals surface area contributed by atoms with Gasteiger partial charge in [-0.3, -0.25) is 0 Å². The number of hydrogen-bond donors (Lipinski definition) is 0. The van der Waals surface area contributed by atoms with Crippen molar-refractivity contribution in [3.05, 3.63) is 84.1 Å². The van der Waals surface area contributed by atoms with Crippen molar-refractivity contribution in [3.63, 3.8) is 0 Å². The smallest absolute Gasteiger partial charge is 0.170 e. The van der Waals surface area contributed by atoms with Gasteiger partial charge in [-0.1, -0.05) is 69.3 Å². The molecule has 1 aromatic heterocycles. The minimum atomic E-state index is -0.0157. The minimum absolute atomic E-state index is 0.0157. The van der Waals surface area contributed by atoms with Gasteiger partial charge in [0, 0.05) is 16.3 Å². The Kier molecular flexibility index (Phi) is 4.04. The maximum absolute atomic E-state index is 9.61. The first kappa shape index (κ1) is 18.3. The molecule has 0 spiro atoms. The van der Waals surface area contributed by atoms with Crippen LogP contribution in [0.15, 0.2) is 72.8 Å². The second kappa shape index (κ2) is 6.64. The van der Waals surface area contributed by atoms with Gasteiger partial charge in [0.1, 0.15) is 11.8 Å². The van der Waals surface area contributed by atoms with Crippen LogP contribution >= 0.6 is 0 Å². The Morgan fingerprint density at radius 2 is 1.33 bits per heavy atom. The third-order valence-corrected chi connectivity index (χ3v) is 5.70. The average molecular weight is 387 g/mol. The molecule has 30 heavy (non-hydrogen) atoms. The zero-order valence-corrected chi connectivity index (χ0v) is 17.3. The van der Waals surface area contributed by atoms with Crippen LogP contribution in [0, 0.1) is 11.3 Å². The maximum atomic E-state index is 9.61. The van der Waals surface area contributed by atoms with Gasteiger partial charge in [0.05, 0.1) is 0 Å². The van der Waals surface area contributed by atoms with Gasteiger partial charge in [-0.05, 0) is 56.8 Å². The Morgan fingerprint density at radius 1 is 0.700 bits per heavy atom. The number of benzene rings is 4. The van der Waals surface area contributed by atoms with Crippen molar-refractivity contribution in [1.29, 1.82) is 5.26 Å². The van der Waals surface area contributed by atoms with E-state index in [1.165, 1.54) is 16.3 Å². The lowest BCUT2D eigenvalue weighted by molar-refractivity contribution is 0.596. The van der Waals surface area contributed by atoms with E-state index >= 15 is 0 Å². The summed E-state index contributed by atoms with van der Waals surface area (Å²) in [7, 11) is 0. The summed E-state index contributed by atoms with van der Waals surface area (Å²) >= 11 is 0. The highest BCUT2D eigenvalue weighted by Crippen LogP contribution is 2.37. The molecule has 0 aliphatic rings. The van der Waals surface area contributed by atoms with Crippen LogP contribution in [0.5, 0.6) is 0 Å². The van der Waals surface area contributed by atoms with E-state index < -0.39 is 0 Å². The molecule has 1 heterocycles. The predicted molar refractivity (Wildman–Crippen MR) is 123 cm³/mol. The molecule has 0 aliphatic heterocycles. The fourth-order valence-electron chi connectivity index (χ4n) is 4.20. The van der Waals surface area contributed by atoms with Gasteiger partial charge >= 0.3 is 0 Å². The summed E-state index contributed by atoms with van der Waals surface area (Å²) in [5.41, 5.74) is 3.45. The van der Waals surface area contributed by atoms with Crippen LogP contribution in [0.3, 0.4) is 0 Å². The maximum Gasteiger partial charge on any atom is 0.170 e. The molecule has 3 nitrogen and oxygen atoms in total. The van der Waals surface area contributed by atoms with E-state index in [0.29, 0.717) is 5.69 Å². The summed E-state index contributed by atoms with van der Waals surface area (Å²) in [5, 5.41) is 24.8. The van der Waals surface area contributed by atoms with E-state index in [4.69, 9.17) is 0 Å². The Balaban J connectivity index is 1.89. The van der Waals surface area contributed by atoms with Crippen LogP contribution in [-0.4, -0.2) is 10.2 Å². The zero-order chi connectivity index (χ0) is 20.9. The first-order chi connectivity index (χ1) is 14.5. The van der Waals surface area contributed by atoms with Crippen LogP contribution in [0.4, 0.5) is 0 Å². The van der Waals surface area contributed by atoms with Gasteiger partial charge in [-0.25, -0.2) is 0 Å². The van der Waals surface area contributed by atoms with Gasteiger partial charge < -0.3 is 0 Å². The highest BCUT2D eigenvalue weighted by molar-refractivity contribution is 6.06. The van der Waals surface area contributed by atoms with Gasteiger partial charge in [0.25, 0.3) is 0 Å². The molecule has 0 radical (unpaired) electrons. The van der Waals surface area contributed by atoms with Gasteiger partial charge in [-0.2, -0.15) is 5.26 Å². The SMILES string of the molecule is CC(C)(C)c1cc(-c2nnc(C#N)c3cc4ccccc4cc23)cc2ccccc12. The third-order valence-electron chi connectivity index (χ3n) is 5.70. The molecule has 5 aromatic rings. The molecule has 0 N–H and O–H groups in total. The second-order valence-electron chi connectivity index (χ2n) is 8.75. The van der Waals surface area contributed by atoms with Crippen LogP contribution in [0.2, 0.25) is 0 Å². The van der Waals surface area contributed by atoms with Crippen LogP contribution < -0.4 is 0 Å². The molecule has 4 aromatic carbocycles. The summed E-state index contributed by atoms with van der Waals surface area (Å²) in [4.78, 5) is 0. The molecule has 0 atom stereocenters. The van der Waals surface area contributed by atoms with E-state index in [2.05, 4.69) is 91.6 Å². The molecular weight excluding hydrogens is 366 g/mol. The number of nitriles is 1. The molecule has 144 valence electrons. The highest BCUT2D eigenvalue weighted by atomic mass is 15.1. The number of aromatic nitrogens is 2. The van der Waals surface area contributed by atoms with Crippen molar-refractivity contribution in [1.82, 2.24) is 10.2 Å². The van der Waals surface area contributed by atoms with E-state index in [9.17, 15) is 5.26 Å².